The molecule has 0 aliphatic rings. The van der Waals surface area contributed by atoms with Crippen molar-refractivity contribution in [1.29, 1.82) is 0 Å². The molecule has 0 amide bonds. The fourth-order valence-corrected chi connectivity index (χ4v) is 2.66. The van der Waals surface area contributed by atoms with Crippen molar-refractivity contribution in [2.75, 3.05) is 10.5 Å². The molecule has 1 aromatic heterocycles. The van der Waals surface area contributed by atoms with Crippen LogP contribution in [0.15, 0.2) is 48.7 Å². The zero-order chi connectivity index (χ0) is 13.0. The Morgan fingerprint density at radius 1 is 1.11 bits per heavy atom. The van der Waals surface area contributed by atoms with E-state index in [1.807, 2.05) is 6.07 Å². The van der Waals surface area contributed by atoms with Crippen molar-refractivity contribution in [2.24, 2.45) is 0 Å². The molecule has 18 heavy (non-hydrogen) atoms. The number of nitrogens with zero attached hydrogens (tertiary/aromatic N) is 1. The van der Waals surface area contributed by atoms with Crippen molar-refractivity contribution >= 4 is 21.5 Å². The highest BCUT2D eigenvalue weighted by Gasteiger charge is 2.11. The molecule has 0 aliphatic heterocycles. The first-order chi connectivity index (χ1) is 8.55. The minimum absolute atomic E-state index is 0.0712. The Hall–Kier alpha value is -2.08. The number of nitrogens with two attached hydrogens (primary N) is 1. The van der Waals surface area contributed by atoms with Crippen LogP contribution in [0.1, 0.15) is 5.56 Å². The topological polar surface area (TPSA) is 85.1 Å². The summed E-state index contributed by atoms with van der Waals surface area (Å²) in [4.78, 5) is 3.82. The van der Waals surface area contributed by atoms with Gasteiger partial charge in [0.25, 0.3) is 0 Å². The zero-order valence-electron chi connectivity index (χ0n) is 9.58. The van der Waals surface area contributed by atoms with E-state index in [-0.39, 0.29) is 5.75 Å². The van der Waals surface area contributed by atoms with E-state index in [9.17, 15) is 8.42 Å². The highest BCUT2D eigenvalue weighted by Crippen LogP contribution is 2.12. The van der Waals surface area contributed by atoms with Crippen molar-refractivity contribution < 1.29 is 8.42 Å². The number of aromatic nitrogens is 1. The van der Waals surface area contributed by atoms with E-state index in [4.69, 9.17) is 5.73 Å². The summed E-state index contributed by atoms with van der Waals surface area (Å²) in [6.45, 7) is 0. The molecule has 0 bridgehead atoms. The van der Waals surface area contributed by atoms with Crippen molar-refractivity contribution in [1.82, 2.24) is 4.98 Å². The molecule has 0 saturated heterocycles. The normalized spacial score (nSPS) is 11.1. The molecular weight excluding hydrogens is 250 g/mol. The Kier molecular flexibility index (Phi) is 3.47. The fourth-order valence-electron chi connectivity index (χ4n) is 1.47. The third-order valence-corrected chi connectivity index (χ3v) is 3.52. The summed E-state index contributed by atoms with van der Waals surface area (Å²) in [5.74, 6) is 0.277. The predicted molar refractivity (Wildman–Crippen MR) is 71.3 cm³/mol. The molecule has 0 aliphatic carbocycles. The smallest absolute Gasteiger partial charge is 0.236 e. The quantitative estimate of drug-likeness (QED) is 0.877. The maximum Gasteiger partial charge on any atom is 0.236 e. The molecule has 0 unspecified atom stereocenters. The Bertz CT molecular complexity index is 610. The Morgan fingerprint density at radius 3 is 2.44 bits per heavy atom. The van der Waals surface area contributed by atoms with Crippen LogP contribution < -0.4 is 10.5 Å². The van der Waals surface area contributed by atoms with Crippen molar-refractivity contribution in [2.45, 2.75) is 5.75 Å². The van der Waals surface area contributed by atoms with Gasteiger partial charge in [-0.3, -0.25) is 4.72 Å². The lowest BCUT2D eigenvalue weighted by molar-refractivity contribution is 0.600. The maximum absolute atomic E-state index is 11.9. The summed E-state index contributed by atoms with van der Waals surface area (Å²) < 4.78 is 26.2. The van der Waals surface area contributed by atoms with Crippen LogP contribution in [0.25, 0.3) is 0 Å². The molecular formula is C12H13N3O2S. The van der Waals surface area contributed by atoms with Crippen molar-refractivity contribution in [3.05, 3.63) is 54.2 Å². The van der Waals surface area contributed by atoms with E-state index in [1.165, 1.54) is 6.20 Å². The number of pyridine rings is 1. The van der Waals surface area contributed by atoms with Crippen LogP contribution in [-0.2, 0) is 15.8 Å². The molecule has 0 radical (unpaired) electrons. The fraction of sp³-hybridized carbons (Fsp3) is 0.0833. The molecule has 0 atom stereocenters. The molecule has 1 aromatic carbocycles. The van der Waals surface area contributed by atoms with Gasteiger partial charge in [-0.2, -0.15) is 0 Å². The van der Waals surface area contributed by atoms with Crippen LogP contribution in [-0.4, -0.2) is 13.4 Å². The molecule has 6 heteroatoms. The van der Waals surface area contributed by atoms with Crippen LogP contribution in [0, 0.1) is 0 Å². The molecule has 1 heterocycles. The second-order valence-corrected chi connectivity index (χ2v) is 5.54. The Morgan fingerprint density at radius 2 is 1.83 bits per heavy atom. The van der Waals surface area contributed by atoms with E-state index < -0.39 is 10.0 Å². The van der Waals surface area contributed by atoms with Crippen molar-refractivity contribution in [3.63, 3.8) is 0 Å². The van der Waals surface area contributed by atoms with Gasteiger partial charge in [-0.05, 0) is 17.7 Å². The van der Waals surface area contributed by atoms with Gasteiger partial charge in [0, 0.05) is 0 Å². The lowest BCUT2D eigenvalue weighted by Crippen LogP contribution is -2.15. The molecule has 0 fully saturated rings. The average Bonchev–Trinajstić information content (AvgIpc) is 2.32. The summed E-state index contributed by atoms with van der Waals surface area (Å²) in [5, 5.41) is 0. The lowest BCUT2D eigenvalue weighted by Gasteiger charge is -2.07. The number of anilines is 2. The molecule has 94 valence electrons. The lowest BCUT2D eigenvalue weighted by atomic mass is 10.2. The first-order valence-electron chi connectivity index (χ1n) is 5.31. The van der Waals surface area contributed by atoms with Crippen LogP contribution in [0.5, 0.6) is 0 Å². The van der Waals surface area contributed by atoms with E-state index in [1.54, 1.807) is 36.4 Å². The maximum atomic E-state index is 11.9. The number of nitrogen functional groups attached to an aromatic ring is 1. The van der Waals surface area contributed by atoms with Gasteiger partial charge in [-0.1, -0.05) is 30.3 Å². The van der Waals surface area contributed by atoms with Crippen LogP contribution in [0.2, 0.25) is 0 Å². The van der Waals surface area contributed by atoms with E-state index >= 15 is 0 Å². The third kappa shape index (κ3) is 3.46. The number of hydrogen-bond acceptors (Lipinski definition) is 4. The molecule has 3 N–H and O–H groups in total. The summed E-state index contributed by atoms with van der Waals surface area (Å²) in [5.41, 5.74) is 6.56. The van der Waals surface area contributed by atoms with E-state index in [2.05, 4.69) is 9.71 Å². The summed E-state index contributed by atoms with van der Waals surface area (Å²) in [6, 6.07) is 12.1. The zero-order valence-corrected chi connectivity index (χ0v) is 10.4. The van der Waals surface area contributed by atoms with Gasteiger partial charge in [0.2, 0.25) is 10.0 Å². The van der Waals surface area contributed by atoms with Gasteiger partial charge < -0.3 is 5.73 Å². The number of sulfonamides is 1. The summed E-state index contributed by atoms with van der Waals surface area (Å²) in [7, 11) is -3.43. The summed E-state index contributed by atoms with van der Waals surface area (Å²) in [6.07, 6.45) is 1.39. The molecule has 2 aromatic rings. The third-order valence-electron chi connectivity index (χ3n) is 2.26. The minimum Gasteiger partial charge on any atom is -0.384 e. The number of rotatable bonds is 4. The predicted octanol–water partition coefficient (Wildman–Crippen LogP) is 1.61. The van der Waals surface area contributed by atoms with Gasteiger partial charge in [-0.15, -0.1) is 0 Å². The van der Waals surface area contributed by atoms with Crippen LogP contribution in [0.3, 0.4) is 0 Å². The molecule has 0 spiro atoms. The van der Waals surface area contributed by atoms with E-state index in [0.717, 1.165) is 5.56 Å². The van der Waals surface area contributed by atoms with Crippen molar-refractivity contribution in [3.8, 4) is 0 Å². The standard InChI is InChI=1S/C12H13N3O2S/c13-12-7-6-11(8-14-12)15-18(16,17)9-10-4-2-1-3-5-10/h1-8,15H,9H2,(H2,13,14). The molecule has 0 saturated carbocycles. The van der Waals surface area contributed by atoms with Gasteiger partial charge in [0.1, 0.15) is 5.82 Å². The largest absolute Gasteiger partial charge is 0.384 e. The second-order valence-electron chi connectivity index (χ2n) is 3.82. The monoisotopic (exact) mass is 263 g/mol. The highest BCUT2D eigenvalue weighted by atomic mass is 32.2. The number of benzene rings is 1. The number of hydrogen-bond donors (Lipinski definition) is 2. The first kappa shape index (κ1) is 12.4. The van der Waals surface area contributed by atoms with Crippen LogP contribution in [0.4, 0.5) is 11.5 Å². The van der Waals surface area contributed by atoms with Gasteiger partial charge >= 0.3 is 0 Å². The Labute approximate surface area is 106 Å². The molecule has 5 nitrogen and oxygen atoms in total. The minimum atomic E-state index is -3.43. The summed E-state index contributed by atoms with van der Waals surface area (Å²) >= 11 is 0. The highest BCUT2D eigenvalue weighted by molar-refractivity contribution is 7.91. The Balaban J connectivity index is 2.10. The van der Waals surface area contributed by atoms with Crippen LogP contribution >= 0.6 is 0 Å². The first-order valence-corrected chi connectivity index (χ1v) is 6.96. The van der Waals surface area contributed by atoms with Gasteiger partial charge in [0.05, 0.1) is 17.6 Å². The van der Waals surface area contributed by atoms with E-state index in [0.29, 0.717) is 11.5 Å². The average molecular weight is 263 g/mol. The van der Waals surface area contributed by atoms with Gasteiger partial charge in [-0.25, -0.2) is 13.4 Å². The van der Waals surface area contributed by atoms with Gasteiger partial charge in [0.15, 0.2) is 0 Å². The SMILES string of the molecule is Nc1ccc(NS(=O)(=O)Cc2ccccc2)cn1. The second kappa shape index (κ2) is 5.05. The number of nitrogens with one attached hydrogen (secondary N) is 1. The molecule has 2 rings (SSSR count).